The summed E-state index contributed by atoms with van der Waals surface area (Å²) in [5, 5.41) is 2.50. The molecule has 0 spiro atoms. The SMILES string of the molecule is Nc1ccc(F)c(NC(=O)CCCOc2ccccc2)c1. The lowest BCUT2D eigenvalue weighted by molar-refractivity contribution is -0.116. The summed E-state index contributed by atoms with van der Waals surface area (Å²) in [6.07, 6.45) is 0.797. The molecule has 1 amide bonds. The van der Waals surface area contributed by atoms with E-state index in [1.54, 1.807) is 0 Å². The van der Waals surface area contributed by atoms with Crippen LogP contribution in [-0.4, -0.2) is 12.5 Å². The van der Waals surface area contributed by atoms with Crippen LogP contribution < -0.4 is 15.8 Å². The molecule has 4 nitrogen and oxygen atoms in total. The van der Waals surface area contributed by atoms with Crippen LogP contribution in [0.4, 0.5) is 15.8 Å². The second-order valence-electron chi connectivity index (χ2n) is 4.55. The number of nitrogens with two attached hydrogens (primary N) is 1. The van der Waals surface area contributed by atoms with Crippen molar-refractivity contribution in [2.75, 3.05) is 17.7 Å². The normalized spacial score (nSPS) is 10.1. The van der Waals surface area contributed by atoms with Gasteiger partial charge in [-0.2, -0.15) is 0 Å². The maximum atomic E-state index is 13.4. The van der Waals surface area contributed by atoms with Crippen LogP contribution in [0.1, 0.15) is 12.8 Å². The molecule has 0 bridgehead atoms. The van der Waals surface area contributed by atoms with Crippen molar-refractivity contribution in [2.45, 2.75) is 12.8 Å². The van der Waals surface area contributed by atoms with E-state index in [-0.39, 0.29) is 18.0 Å². The fourth-order valence-electron chi connectivity index (χ4n) is 1.79. The molecule has 0 atom stereocenters. The highest BCUT2D eigenvalue weighted by atomic mass is 19.1. The lowest BCUT2D eigenvalue weighted by Crippen LogP contribution is -2.14. The molecule has 3 N–H and O–H groups in total. The van der Waals surface area contributed by atoms with Crippen molar-refractivity contribution in [3.63, 3.8) is 0 Å². The first-order valence-corrected chi connectivity index (χ1v) is 6.68. The summed E-state index contributed by atoms with van der Waals surface area (Å²) >= 11 is 0. The number of carbonyl (C=O) groups excluding carboxylic acids is 1. The topological polar surface area (TPSA) is 64.3 Å². The molecular weight excluding hydrogens is 271 g/mol. The van der Waals surface area contributed by atoms with E-state index in [4.69, 9.17) is 10.5 Å². The third kappa shape index (κ3) is 4.80. The Morgan fingerprint density at radius 1 is 1.19 bits per heavy atom. The molecule has 0 saturated heterocycles. The van der Waals surface area contributed by atoms with Gasteiger partial charge in [0.25, 0.3) is 0 Å². The second kappa shape index (κ2) is 7.28. The monoisotopic (exact) mass is 288 g/mol. The summed E-state index contributed by atoms with van der Waals surface area (Å²) in [5.74, 6) is -0.00553. The molecule has 0 radical (unpaired) electrons. The number of rotatable bonds is 6. The largest absolute Gasteiger partial charge is 0.494 e. The summed E-state index contributed by atoms with van der Waals surface area (Å²) in [4.78, 5) is 11.7. The standard InChI is InChI=1S/C16H17FN2O2/c17-14-9-8-12(18)11-15(14)19-16(20)7-4-10-21-13-5-2-1-3-6-13/h1-3,5-6,8-9,11H,4,7,10,18H2,(H,19,20). The third-order valence-electron chi connectivity index (χ3n) is 2.82. The molecule has 21 heavy (non-hydrogen) atoms. The predicted molar refractivity (Wildman–Crippen MR) is 80.6 cm³/mol. The van der Waals surface area contributed by atoms with Crippen LogP contribution in [-0.2, 0) is 4.79 Å². The number of nitrogen functional groups attached to an aromatic ring is 1. The van der Waals surface area contributed by atoms with E-state index in [2.05, 4.69) is 5.32 Å². The number of anilines is 2. The number of amides is 1. The summed E-state index contributed by atoms with van der Waals surface area (Å²) in [6.45, 7) is 0.427. The Labute approximate surface area is 122 Å². The van der Waals surface area contributed by atoms with E-state index >= 15 is 0 Å². The lowest BCUT2D eigenvalue weighted by atomic mass is 10.2. The van der Waals surface area contributed by atoms with E-state index in [9.17, 15) is 9.18 Å². The first kappa shape index (κ1) is 14.8. The van der Waals surface area contributed by atoms with E-state index in [1.807, 2.05) is 30.3 Å². The molecule has 0 saturated carbocycles. The Hall–Kier alpha value is -2.56. The highest BCUT2D eigenvalue weighted by Gasteiger charge is 2.07. The first-order chi connectivity index (χ1) is 10.1. The summed E-state index contributed by atoms with van der Waals surface area (Å²) < 4.78 is 18.9. The predicted octanol–water partition coefficient (Wildman–Crippen LogP) is 3.21. The Bertz CT molecular complexity index is 602. The van der Waals surface area contributed by atoms with E-state index in [0.29, 0.717) is 18.7 Å². The van der Waals surface area contributed by atoms with Crippen LogP contribution in [0.15, 0.2) is 48.5 Å². The minimum Gasteiger partial charge on any atom is -0.494 e. The molecular formula is C16H17FN2O2. The molecule has 0 heterocycles. The fourth-order valence-corrected chi connectivity index (χ4v) is 1.79. The fraction of sp³-hybridized carbons (Fsp3) is 0.188. The molecule has 0 aromatic heterocycles. The smallest absolute Gasteiger partial charge is 0.224 e. The highest BCUT2D eigenvalue weighted by Crippen LogP contribution is 2.17. The Kier molecular flexibility index (Phi) is 5.15. The lowest BCUT2D eigenvalue weighted by Gasteiger charge is -2.08. The maximum absolute atomic E-state index is 13.4. The first-order valence-electron chi connectivity index (χ1n) is 6.68. The van der Waals surface area contributed by atoms with Gasteiger partial charge in [-0.05, 0) is 36.8 Å². The van der Waals surface area contributed by atoms with Gasteiger partial charge in [0.1, 0.15) is 11.6 Å². The van der Waals surface area contributed by atoms with Crippen LogP contribution in [0.2, 0.25) is 0 Å². The summed E-state index contributed by atoms with van der Waals surface area (Å²) in [7, 11) is 0. The van der Waals surface area contributed by atoms with Gasteiger partial charge < -0.3 is 15.8 Å². The number of halogens is 1. The Morgan fingerprint density at radius 2 is 1.95 bits per heavy atom. The Morgan fingerprint density at radius 3 is 2.71 bits per heavy atom. The number of para-hydroxylation sites is 1. The van der Waals surface area contributed by atoms with Gasteiger partial charge in [-0.15, -0.1) is 0 Å². The molecule has 0 fully saturated rings. The van der Waals surface area contributed by atoms with Gasteiger partial charge >= 0.3 is 0 Å². The quantitative estimate of drug-likeness (QED) is 0.633. The maximum Gasteiger partial charge on any atom is 0.224 e. The van der Waals surface area contributed by atoms with Crippen molar-refractivity contribution >= 4 is 17.3 Å². The van der Waals surface area contributed by atoms with Gasteiger partial charge in [0, 0.05) is 12.1 Å². The zero-order chi connectivity index (χ0) is 15.1. The van der Waals surface area contributed by atoms with Gasteiger partial charge in [-0.3, -0.25) is 4.79 Å². The zero-order valence-corrected chi connectivity index (χ0v) is 11.5. The van der Waals surface area contributed by atoms with Crippen LogP contribution in [0.5, 0.6) is 5.75 Å². The zero-order valence-electron chi connectivity index (χ0n) is 11.5. The van der Waals surface area contributed by atoms with Crippen LogP contribution in [0.25, 0.3) is 0 Å². The van der Waals surface area contributed by atoms with Crippen LogP contribution >= 0.6 is 0 Å². The molecule has 0 aliphatic carbocycles. The molecule has 110 valence electrons. The number of nitrogens with one attached hydrogen (secondary N) is 1. The van der Waals surface area contributed by atoms with Crippen molar-refractivity contribution < 1.29 is 13.9 Å². The van der Waals surface area contributed by atoms with Crippen molar-refractivity contribution in [3.05, 3.63) is 54.3 Å². The molecule has 0 unspecified atom stereocenters. The van der Waals surface area contributed by atoms with Crippen LogP contribution in [0.3, 0.4) is 0 Å². The molecule has 5 heteroatoms. The highest BCUT2D eigenvalue weighted by molar-refractivity contribution is 5.91. The minimum atomic E-state index is -0.502. The Balaban J connectivity index is 1.74. The van der Waals surface area contributed by atoms with Crippen molar-refractivity contribution in [1.82, 2.24) is 0 Å². The summed E-state index contributed by atoms with van der Waals surface area (Å²) in [5.41, 5.74) is 6.05. The summed E-state index contributed by atoms with van der Waals surface area (Å²) in [6, 6.07) is 13.4. The van der Waals surface area contributed by atoms with Gasteiger partial charge in [-0.25, -0.2) is 4.39 Å². The molecule has 0 aliphatic heterocycles. The third-order valence-corrected chi connectivity index (χ3v) is 2.82. The van der Waals surface area contributed by atoms with E-state index in [0.717, 1.165) is 5.75 Å². The number of hydrogen-bond acceptors (Lipinski definition) is 3. The van der Waals surface area contributed by atoms with E-state index < -0.39 is 5.82 Å². The number of benzene rings is 2. The van der Waals surface area contributed by atoms with Gasteiger partial charge in [0.05, 0.1) is 12.3 Å². The minimum absolute atomic E-state index is 0.101. The van der Waals surface area contributed by atoms with Gasteiger partial charge in [-0.1, -0.05) is 18.2 Å². The number of hydrogen-bond donors (Lipinski definition) is 2. The molecule has 2 aromatic rings. The number of ether oxygens (including phenoxy) is 1. The average molecular weight is 288 g/mol. The molecule has 2 aromatic carbocycles. The molecule has 0 aliphatic rings. The number of carbonyl (C=O) groups is 1. The van der Waals surface area contributed by atoms with Crippen LogP contribution in [0, 0.1) is 5.82 Å². The van der Waals surface area contributed by atoms with Crippen molar-refractivity contribution in [2.24, 2.45) is 0 Å². The molecule has 2 rings (SSSR count). The van der Waals surface area contributed by atoms with E-state index in [1.165, 1.54) is 18.2 Å². The van der Waals surface area contributed by atoms with Gasteiger partial charge in [0.15, 0.2) is 0 Å². The van der Waals surface area contributed by atoms with Crippen molar-refractivity contribution in [1.29, 1.82) is 0 Å². The van der Waals surface area contributed by atoms with Gasteiger partial charge in [0.2, 0.25) is 5.91 Å². The second-order valence-corrected chi connectivity index (χ2v) is 4.55. The van der Waals surface area contributed by atoms with Crippen molar-refractivity contribution in [3.8, 4) is 5.75 Å². The average Bonchev–Trinajstić information content (AvgIpc) is 2.48.